The lowest BCUT2D eigenvalue weighted by atomic mass is 10.2. The van der Waals surface area contributed by atoms with Gasteiger partial charge in [-0.05, 0) is 30.2 Å². The number of fused-ring (bicyclic) bond motifs is 1. The Morgan fingerprint density at radius 3 is 2.81 bits per heavy atom. The van der Waals surface area contributed by atoms with E-state index < -0.39 is 0 Å². The number of nitrogens with one attached hydrogen (secondary N) is 1. The van der Waals surface area contributed by atoms with Gasteiger partial charge >= 0.3 is 0 Å². The molecule has 0 radical (unpaired) electrons. The maximum absolute atomic E-state index is 12.6. The molecule has 0 fully saturated rings. The van der Waals surface area contributed by atoms with Crippen molar-refractivity contribution in [3.05, 3.63) is 53.3 Å². The van der Waals surface area contributed by atoms with Gasteiger partial charge in [-0.3, -0.25) is 10.2 Å². The summed E-state index contributed by atoms with van der Waals surface area (Å²) in [7, 11) is 1.51. The zero-order chi connectivity index (χ0) is 18.7. The summed E-state index contributed by atoms with van der Waals surface area (Å²) >= 11 is 6.31. The summed E-state index contributed by atoms with van der Waals surface area (Å²) in [5.41, 5.74) is 4.75. The van der Waals surface area contributed by atoms with Crippen molar-refractivity contribution < 1.29 is 14.3 Å². The van der Waals surface area contributed by atoms with E-state index in [1.165, 1.54) is 7.11 Å². The quantitative estimate of drug-likeness (QED) is 0.706. The maximum atomic E-state index is 12.6. The third-order valence-electron chi connectivity index (χ3n) is 3.73. The fourth-order valence-electron chi connectivity index (χ4n) is 2.46. The first-order valence-corrected chi connectivity index (χ1v) is 8.61. The van der Waals surface area contributed by atoms with Crippen LogP contribution < -0.4 is 14.9 Å². The van der Waals surface area contributed by atoms with E-state index in [9.17, 15) is 4.79 Å². The predicted octanol–water partition coefficient (Wildman–Crippen LogP) is 4.12. The third kappa shape index (κ3) is 3.75. The Kier molecular flexibility index (Phi) is 5.32. The van der Waals surface area contributed by atoms with E-state index in [1.54, 1.807) is 23.1 Å². The SMILES string of the molecule is COc1cc(C(=O)Nn2cnc3ccccc32)cc(Cl)c1OCC(C)C. The molecule has 1 amide bonds. The molecule has 0 aliphatic rings. The van der Waals surface area contributed by atoms with Crippen molar-refractivity contribution in [3.63, 3.8) is 0 Å². The lowest BCUT2D eigenvalue weighted by molar-refractivity contribution is 0.101. The Labute approximate surface area is 156 Å². The number of amides is 1. The van der Waals surface area contributed by atoms with Crippen molar-refractivity contribution in [1.29, 1.82) is 0 Å². The van der Waals surface area contributed by atoms with Gasteiger partial charge in [-0.1, -0.05) is 37.6 Å². The number of hydrogen-bond donors (Lipinski definition) is 1. The van der Waals surface area contributed by atoms with E-state index in [0.29, 0.717) is 34.6 Å². The molecule has 1 heterocycles. The van der Waals surface area contributed by atoms with Gasteiger partial charge in [0.15, 0.2) is 11.5 Å². The van der Waals surface area contributed by atoms with Crippen molar-refractivity contribution in [3.8, 4) is 11.5 Å². The van der Waals surface area contributed by atoms with Gasteiger partial charge in [-0.2, -0.15) is 0 Å². The van der Waals surface area contributed by atoms with Crippen LogP contribution in [0.15, 0.2) is 42.7 Å². The lowest BCUT2D eigenvalue weighted by Gasteiger charge is -2.15. The largest absolute Gasteiger partial charge is 0.493 e. The van der Waals surface area contributed by atoms with Crippen LogP contribution in [-0.2, 0) is 0 Å². The highest BCUT2D eigenvalue weighted by molar-refractivity contribution is 6.32. The summed E-state index contributed by atoms with van der Waals surface area (Å²) in [6.07, 6.45) is 1.56. The molecule has 0 saturated carbocycles. The number of rotatable bonds is 6. The molecule has 1 aromatic heterocycles. The lowest BCUT2D eigenvalue weighted by Crippen LogP contribution is -2.22. The minimum absolute atomic E-state index is 0.325. The van der Waals surface area contributed by atoms with Crippen LogP contribution in [0, 0.1) is 5.92 Å². The summed E-state index contributed by atoms with van der Waals surface area (Å²) < 4.78 is 12.6. The molecule has 7 heteroatoms. The molecule has 0 atom stereocenters. The first-order valence-electron chi connectivity index (χ1n) is 8.23. The molecular weight excluding hydrogens is 354 g/mol. The molecule has 0 spiro atoms. The van der Waals surface area contributed by atoms with Gasteiger partial charge < -0.3 is 9.47 Å². The number of para-hydroxylation sites is 2. The number of hydrogen-bond acceptors (Lipinski definition) is 4. The number of carbonyl (C=O) groups is 1. The molecule has 0 bridgehead atoms. The Bertz CT molecular complexity index is 937. The second-order valence-electron chi connectivity index (χ2n) is 6.24. The van der Waals surface area contributed by atoms with Gasteiger partial charge in [0.1, 0.15) is 6.33 Å². The average molecular weight is 374 g/mol. The summed E-state index contributed by atoms with van der Waals surface area (Å²) in [6, 6.07) is 10.7. The Balaban J connectivity index is 1.86. The van der Waals surface area contributed by atoms with Crippen molar-refractivity contribution in [2.45, 2.75) is 13.8 Å². The van der Waals surface area contributed by atoms with Crippen molar-refractivity contribution in [1.82, 2.24) is 9.66 Å². The Hall–Kier alpha value is -2.73. The molecule has 6 nitrogen and oxygen atoms in total. The minimum Gasteiger partial charge on any atom is -0.493 e. The van der Waals surface area contributed by atoms with E-state index in [0.717, 1.165) is 11.0 Å². The number of methoxy groups -OCH3 is 1. The third-order valence-corrected chi connectivity index (χ3v) is 4.01. The standard InChI is InChI=1S/C19H20ClN3O3/c1-12(2)10-26-18-14(20)8-13(9-17(18)25-3)19(24)22-23-11-21-15-6-4-5-7-16(15)23/h4-9,11-12H,10H2,1-3H3,(H,22,24). The predicted molar refractivity (Wildman–Crippen MR) is 102 cm³/mol. The van der Waals surface area contributed by atoms with Gasteiger partial charge in [0.05, 0.1) is 29.8 Å². The number of nitrogens with zero attached hydrogens (tertiary/aromatic N) is 2. The smallest absolute Gasteiger partial charge is 0.270 e. The van der Waals surface area contributed by atoms with Gasteiger partial charge in [0.2, 0.25) is 0 Å². The number of benzene rings is 2. The van der Waals surface area contributed by atoms with Crippen LogP contribution in [0.1, 0.15) is 24.2 Å². The number of halogens is 1. The van der Waals surface area contributed by atoms with Crippen molar-refractivity contribution >= 4 is 28.5 Å². The normalized spacial score (nSPS) is 11.0. The molecule has 1 N–H and O–H groups in total. The van der Waals surface area contributed by atoms with Crippen molar-refractivity contribution in [2.24, 2.45) is 5.92 Å². The molecule has 26 heavy (non-hydrogen) atoms. The summed E-state index contributed by atoms with van der Waals surface area (Å²) in [6.45, 7) is 4.58. The zero-order valence-corrected chi connectivity index (χ0v) is 15.6. The minimum atomic E-state index is -0.330. The number of imidazole rings is 1. The van der Waals surface area contributed by atoms with Crippen LogP contribution >= 0.6 is 11.6 Å². The molecule has 0 aliphatic heterocycles. The molecule has 0 saturated heterocycles. The molecule has 3 rings (SSSR count). The van der Waals surface area contributed by atoms with Crippen LogP contribution in [0.2, 0.25) is 5.02 Å². The summed E-state index contributed by atoms with van der Waals surface area (Å²) in [5.74, 6) is 0.864. The molecule has 136 valence electrons. The Morgan fingerprint density at radius 1 is 1.31 bits per heavy atom. The van der Waals surface area contributed by atoms with Crippen LogP contribution in [0.5, 0.6) is 11.5 Å². The molecule has 0 aliphatic carbocycles. The van der Waals surface area contributed by atoms with E-state index >= 15 is 0 Å². The van der Waals surface area contributed by atoms with Crippen LogP contribution in [0.3, 0.4) is 0 Å². The van der Waals surface area contributed by atoms with Gasteiger partial charge in [0, 0.05) is 5.56 Å². The maximum Gasteiger partial charge on any atom is 0.270 e. The summed E-state index contributed by atoms with van der Waals surface area (Å²) in [4.78, 5) is 16.9. The first-order chi connectivity index (χ1) is 12.5. The average Bonchev–Trinajstić information content (AvgIpc) is 3.03. The second-order valence-corrected chi connectivity index (χ2v) is 6.65. The van der Waals surface area contributed by atoms with Crippen molar-refractivity contribution in [2.75, 3.05) is 19.1 Å². The zero-order valence-electron chi connectivity index (χ0n) is 14.8. The van der Waals surface area contributed by atoms with E-state index in [4.69, 9.17) is 21.1 Å². The van der Waals surface area contributed by atoms with Crippen LogP contribution in [0.25, 0.3) is 11.0 Å². The highest BCUT2D eigenvalue weighted by Crippen LogP contribution is 2.36. The number of aromatic nitrogens is 2. The topological polar surface area (TPSA) is 65.4 Å². The van der Waals surface area contributed by atoms with Gasteiger partial charge in [0.25, 0.3) is 5.91 Å². The molecule has 0 unspecified atom stereocenters. The second kappa shape index (κ2) is 7.66. The monoisotopic (exact) mass is 373 g/mol. The van der Waals surface area contributed by atoms with Gasteiger partial charge in [-0.25, -0.2) is 9.66 Å². The fourth-order valence-corrected chi connectivity index (χ4v) is 2.73. The number of carbonyl (C=O) groups excluding carboxylic acids is 1. The fraction of sp³-hybridized carbons (Fsp3) is 0.263. The van der Waals surface area contributed by atoms with Crippen LogP contribution in [-0.4, -0.2) is 29.3 Å². The molecular formula is C19H20ClN3O3. The van der Waals surface area contributed by atoms with E-state index in [1.807, 2.05) is 38.1 Å². The first kappa shape index (κ1) is 18.1. The van der Waals surface area contributed by atoms with Crippen LogP contribution in [0.4, 0.5) is 0 Å². The van der Waals surface area contributed by atoms with E-state index in [2.05, 4.69) is 10.4 Å². The van der Waals surface area contributed by atoms with E-state index in [-0.39, 0.29) is 5.91 Å². The summed E-state index contributed by atoms with van der Waals surface area (Å²) in [5, 5.41) is 0.325. The Morgan fingerprint density at radius 2 is 2.08 bits per heavy atom. The highest BCUT2D eigenvalue weighted by atomic mass is 35.5. The van der Waals surface area contributed by atoms with Gasteiger partial charge in [-0.15, -0.1) is 0 Å². The highest BCUT2D eigenvalue weighted by Gasteiger charge is 2.17. The molecule has 3 aromatic rings. The molecule has 2 aromatic carbocycles. The number of ether oxygens (including phenoxy) is 2.